The fourth-order valence-electron chi connectivity index (χ4n) is 3.51. The van der Waals surface area contributed by atoms with Gasteiger partial charge in [0, 0.05) is 25.5 Å². The Hall–Kier alpha value is -4.10. The van der Waals surface area contributed by atoms with Crippen molar-refractivity contribution in [3.8, 4) is 17.6 Å². The van der Waals surface area contributed by atoms with Crippen LogP contribution >= 0.6 is 0 Å². The molecule has 0 aliphatic heterocycles. The lowest BCUT2D eigenvalue weighted by atomic mass is 10.2. The molecule has 0 aliphatic rings. The molecule has 2 aromatic carbocycles. The molecule has 0 aliphatic carbocycles. The van der Waals surface area contributed by atoms with Crippen LogP contribution in [0.15, 0.2) is 75.1 Å². The van der Waals surface area contributed by atoms with E-state index in [0.29, 0.717) is 23.5 Å². The Kier molecular flexibility index (Phi) is 10.5. The molecule has 40 heavy (non-hydrogen) atoms. The molecule has 1 heterocycles. The molecule has 0 unspecified atom stereocenters. The van der Waals surface area contributed by atoms with Crippen molar-refractivity contribution in [1.29, 1.82) is 10.7 Å². The van der Waals surface area contributed by atoms with Crippen LogP contribution in [0.1, 0.15) is 24.2 Å². The highest BCUT2D eigenvalue weighted by molar-refractivity contribution is 7.91. The van der Waals surface area contributed by atoms with E-state index in [1.807, 2.05) is 6.07 Å². The van der Waals surface area contributed by atoms with Crippen molar-refractivity contribution >= 4 is 26.1 Å². The van der Waals surface area contributed by atoms with Gasteiger partial charge >= 0.3 is 10.1 Å². The Morgan fingerprint density at radius 2 is 1.80 bits per heavy atom. The third-order valence-corrected chi connectivity index (χ3v) is 8.53. The first kappa shape index (κ1) is 30.4. The van der Waals surface area contributed by atoms with Crippen molar-refractivity contribution in [1.82, 2.24) is 9.79 Å². The number of sulfonamides is 1. The van der Waals surface area contributed by atoms with Crippen LogP contribution in [-0.4, -0.2) is 46.9 Å². The van der Waals surface area contributed by atoms with Gasteiger partial charge in [-0.2, -0.15) is 18.0 Å². The predicted octanol–water partition coefficient (Wildman–Crippen LogP) is 2.64. The highest BCUT2D eigenvalue weighted by Gasteiger charge is 2.33. The molecule has 1 aromatic heterocycles. The van der Waals surface area contributed by atoms with Gasteiger partial charge in [0.15, 0.2) is 0 Å². The van der Waals surface area contributed by atoms with Gasteiger partial charge in [-0.15, -0.1) is 0 Å². The highest BCUT2D eigenvalue weighted by Crippen LogP contribution is 2.30. The van der Waals surface area contributed by atoms with Crippen LogP contribution in [0.4, 0.5) is 0 Å². The third-order valence-electron chi connectivity index (χ3n) is 5.19. The number of nitrogens with two attached hydrogens (primary N) is 1. The molecule has 214 valence electrons. The largest absolute Gasteiger partial charge is 0.493 e. The maximum atomic E-state index is 13.6. The van der Waals surface area contributed by atoms with Crippen LogP contribution in [0, 0.1) is 23.7 Å². The van der Waals surface area contributed by atoms with Gasteiger partial charge in [0.25, 0.3) is 0 Å². The quantitative estimate of drug-likeness (QED) is 0.0772. The van der Waals surface area contributed by atoms with Crippen molar-refractivity contribution < 1.29 is 35.0 Å². The van der Waals surface area contributed by atoms with Gasteiger partial charge in [0.05, 0.1) is 32.1 Å². The lowest BCUT2D eigenvalue weighted by Gasteiger charge is -2.21. The van der Waals surface area contributed by atoms with Crippen LogP contribution in [0.25, 0.3) is 0 Å². The van der Waals surface area contributed by atoms with Crippen molar-refractivity contribution in [3.05, 3.63) is 72.2 Å². The first-order chi connectivity index (χ1) is 19.0. The minimum Gasteiger partial charge on any atom is -0.493 e. The highest BCUT2D eigenvalue weighted by atomic mass is 32.2. The number of furan rings is 1. The number of hydrogen-bond donors (Lipinski definition) is 3. The van der Waals surface area contributed by atoms with E-state index >= 15 is 0 Å². The Bertz CT molecular complexity index is 1550. The summed E-state index contributed by atoms with van der Waals surface area (Å²) in [6, 6.07) is 14.7. The Morgan fingerprint density at radius 1 is 1.07 bits per heavy atom. The molecule has 0 saturated heterocycles. The standard InChI is InChI=1S/C25H29N5O8S2/c1-19-15-21(36-13-6-14-37-29-25(27)28)17-22(16-19)38-40(33,34)24-9-3-2-8-23(24)39(31,32)30(11-5-10-26)18-20-7-4-12-35-20/h2-4,7-9,12,15-17H,5-6,11,13-14,18H2,1H3,(H4,27,28,29). The summed E-state index contributed by atoms with van der Waals surface area (Å²) in [6.07, 6.45) is 1.71. The Morgan fingerprint density at radius 3 is 2.48 bits per heavy atom. The maximum Gasteiger partial charge on any atom is 0.340 e. The van der Waals surface area contributed by atoms with E-state index in [9.17, 15) is 16.8 Å². The number of nitriles is 1. The molecule has 0 bridgehead atoms. The fourth-order valence-corrected chi connectivity index (χ4v) is 6.61. The molecule has 0 atom stereocenters. The third kappa shape index (κ3) is 8.45. The maximum absolute atomic E-state index is 13.6. The molecule has 13 nitrogen and oxygen atoms in total. The molecule has 3 aromatic rings. The molecule has 0 radical (unpaired) electrons. The van der Waals surface area contributed by atoms with Crippen LogP contribution in [0.5, 0.6) is 11.5 Å². The number of benzene rings is 2. The van der Waals surface area contributed by atoms with Gasteiger partial charge in [-0.05, 0) is 48.9 Å². The summed E-state index contributed by atoms with van der Waals surface area (Å²) >= 11 is 0. The van der Waals surface area contributed by atoms with Crippen molar-refractivity contribution in [2.75, 3.05) is 19.8 Å². The van der Waals surface area contributed by atoms with Gasteiger partial charge in [0.2, 0.25) is 16.0 Å². The van der Waals surface area contributed by atoms with E-state index in [1.165, 1.54) is 36.6 Å². The van der Waals surface area contributed by atoms with E-state index in [4.69, 9.17) is 34.6 Å². The van der Waals surface area contributed by atoms with Gasteiger partial charge in [-0.1, -0.05) is 12.1 Å². The summed E-state index contributed by atoms with van der Waals surface area (Å²) in [6.45, 7) is 1.76. The number of nitrogens with zero attached hydrogens (tertiary/aromatic N) is 2. The molecule has 15 heteroatoms. The van der Waals surface area contributed by atoms with Crippen LogP contribution < -0.4 is 20.1 Å². The lowest BCUT2D eigenvalue weighted by Crippen LogP contribution is -2.32. The molecule has 0 amide bonds. The van der Waals surface area contributed by atoms with Crippen LogP contribution in [-0.2, 0) is 31.5 Å². The van der Waals surface area contributed by atoms with E-state index in [-0.39, 0.29) is 44.4 Å². The number of hydrogen-bond acceptors (Lipinski definition) is 10. The summed E-state index contributed by atoms with van der Waals surface area (Å²) in [4.78, 5) is 3.89. The van der Waals surface area contributed by atoms with Crippen LogP contribution in [0.2, 0.25) is 0 Å². The van der Waals surface area contributed by atoms with E-state index in [0.717, 1.165) is 10.4 Å². The van der Waals surface area contributed by atoms with E-state index in [1.54, 1.807) is 25.1 Å². The number of aryl methyl sites for hydroxylation is 1. The number of hydroxylamine groups is 1. The topological polar surface area (TPSA) is 198 Å². The van der Waals surface area contributed by atoms with E-state index in [2.05, 4.69) is 5.48 Å². The van der Waals surface area contributed by atoms with Crippen molar-refractivity contribution in [2.45, 2.75) is 36.1 Å². The smallest absolute Gasteiger partial charge is 0.340 e. The van der Waals surface area contributed by atoms with Gasteiger partial charge < -0.3 is 19.1 Å². The Balaban J connectivity index is 1.83. The van der Waals surface area contributed by atoms with Gasteiger partial charge in [-0.25, -0.2) is 13.9 Å². The second-order valence-electron chi connectivity index (χ2n) is 8.36. The predicted molar refractivity (Wildman–Crippen MR) is 143 cm³/mol. The van der Waals surface area contributed by atoms with Crippen LogP contribution in [0.3, 0.4) is 0 Å². The number of guanidine groups is 1. The summed E-state index contributed by atoms with van der Waals surface area (Å²) < 4.78 is 71.2. The first-order valence-corrected chi connectivity index (χ1v) is 14.8. The molecular formula is C25H29N5O8S2. The normalized spacial score (nSPS) is 11.6. The molecule has 4 N–H and O–H groups in total. The lowest BCUT2D eigenvalue weighted by molar-refractivity contribution is 0.0733. The fraction of sp³-hybridized carbons (Fsp3) is 0.280. The molecular weight excluding hydrogens is 562 g/mol. The first-order valence-electron chi connectivity index (χ1n) is 11.9. The number of rotatable bonds is 15. The SMILES string of the molecule is Cc1cc(OCCCONC(=N)N)cc(OS(=O)(=O)c2ccccc2S(=O)(=O)N(CCC#N)Cc2ccco2)c1. The molecule has 3 rings (SSSR count). The zero-order valence-corrected chi connectivity index (χ0v) is 23.2. The summed E-state index contributed by atoms with van der Waals surface area (Å²) in [5.41, 5.74) is 7.96. The summed E-state index contributed by atoms with van der Waals surface area (Å²) in [5.74, 6) is 0.247. The molecule has 0 saturated carbocycles. The molecule has 0 fully saturated rings. The average Bonchev–Trinajstić information content (AvgIpc) is 3.41. The minimum atomic E-state index is -4.63. The minimum absolute atomic E-state index is 0.0754. The zero-order chi connectivity index (χ0) is 29.2. The number of ether oxygens (including phenoxy) is 1. The van der Waals surface area contributed by atoms with E-state index < -0.39 is 29.9 Å². The monoisotopic (exact) mass is 591 g/mol. The summed E-state index contributed by atoms with van der Waals surface area (Å²) in [5, 5.41) is 16.1. The summed E-state index contributed by atoms with van der Waals surface area (Å²) in [7, 11) is -9.02. The second kappa shape index (κ2) is 13.8. The average molecular weight is 592 g/mol. The second-order valence-corrected chi connectivity index (χ2v) is 11.8. The van der Waals surface area contributed by atoms with Gasteiger partial charge in [0.1, 0.15) is 27.1 Å². The number of nitrogens with one attached hydrogen (secondary N) is 2. The molecule has 0 spiro atoms. The van der Waals surface area contributed by atoms with Crippen molar-refractivity contribution in [3.63, 3.8) is 0 Å². The Labute approximate surface area is 232 Å². The van der Waals surface area contributed by atoms with Crippen molar-refractivity contribution in [2.24, 2.45) is 5.73 Å². The van der Waals surface area contributed by atoms with Gasteiger partial charge in [-0.3, -0.25) is 10.2 Å². The zero-order valence-electron chi connectivity index (χ0n) is 21.6.